The maximum absolute atomic E-state index is 13.6. The summed E-state index contributed by atoms with van der Waals surface area (Å²) in [4.78, 5) is 2.26. The van der Waals surface area contributed by atoms with Gasteiger partial charge in [-0.2, -0.15) is 0 Å². The van der Waals surface area contributed by atoms with Crippen LogP contribution in [0.3, 0.4) is 0 Å². The van der Waals surface area contributed by atoms with Gasteiger partial charge >= 0.3 is 0 Å². The van der Waals surface area contributed by atoms with Crippen LogP contribution >= 0.6 is 0 Å². The highest BCUT2D eigenvalue weighted by molar-refractivity contribution is 5.55. The van der Waals surface area contributed by atoms with Gasteiger partial charge in [0, 0.05) is 24.3 Å². The Morgan fingerprint density at radius 1 is 1.27 bits per heavy atom. The Bertz CT molecular complexity index is 332. The predicted octanol–water partition coefficient (Wildman–Crippen LogP) is 1.93. The van der Waals surface area contributed by atoms with E-state index >= 15 is 0 Å². The maximum atomic E-state index is 13.6. The molecule has 0 unspecified atom stereocenters. The Morgan fingerprint density at radius 3 is 2.67 bits per heavy atom. The molecule has 2 nitrogen and oxygen atoms in total. The number of anilines is 1. The summed E-state index contributed by atoms with van der Waals surface area (Å²) in [6.45, 7) is 2.59. The molecule has 1 aromatic carbocycles. The minimum absolute atomic E-state index is 0.121. The molecule has 1 aliphatic heterocycles. The molecule has 0 amide bonds. The first-order valence-electron chi connectivity index (χ1n) is 5.55. The van der Waals surface area contributed by atoms with Crippen molar-refractivity contribution in [1.82, 2.24) is 0 Å². The monoisotopic (exact) mass is 208 g/mol. The third kappa shape index (κ3) is 2.12. The number of halogens is 1. The van der Waals surface area contributed by atoms with Crippen molar-refractivity contribution in [3.63, 3.8) is 0 Å². The molecule has 0 bridgehead atoms. The molecule has 0 spiro atoms. The summed E-state index contributed by atoms with van der Waals surface area (Å²) in [5.74, 6) is -0.121. The van der Waals surface area contributed by atoms with Crippen LogP contribution in [0, 0.1) is 5.82 Å². The number of nitrogens with zero attached hydrogens (tertiary/aromatic N) is 1. The lowest BCUT2D eigenvalue weighted by Crippen LogP contribution is -2.20. The fourth-order valence-electron chi connectivity index (χ4n) is 2.19. The van der Waals surface area contributed by atoms with E-state index in [4.69, 9.17) is 5.73 Å². The number of nitrogens with two attached hydrogens (primary N) is 1. The lowest BCUT2D eigenvalue weighted by atomic mass is 10.1. The van der Waals surface area contributed by atoms with Crippen molar-refractivity contribution in [3.05, 3.63) is 29.6 Å². The van der Waals surface area contributed by atoms with Crippen LogP contribution in [0.15, 0.2) is 18.2 Å². The van der Waals surface area contributed by atoms with E-state index in [2.05, 4.69) is 4.90 Å². The third-order valence-corrected chi connectivity index (χ3v) is 2.94. The SMILES string of the molecule is NCCc1c(F)cccc1N1CCCC1. The zero-order valence-corrected chi connectivity index (χ0v) is 8.88. The average molecular weight is 208 g/mol. The van der Waals surface area contributed by atoms with Gasteiger partial charge in [0.15, 0.2) is 0 Å². The molecule has 0 saturated carbocycles. The van der Waals surface area contributed by atoms with E-state index in [9.17, 15) is 4.39 Å². The molecule has 1 fully saturated rings. The van der Waals surface area contributed by atoms with Gasteiger partial charge in [0.05, 0.1) is 0 Å². The van der Waals surface area contributed by atoms with Gasteiger partial charge in [-0.15, -0.1) is 0 Å². The van der Waals surface area contributed by atoms with E-state index < -0.39 is 0 Å². The van der Waals surface area contributed by atoms with Crippen LogP contribution in [0.1, 0.15) is 18.4 Å². The van der Waals surface area contributed by atoms with Crippen LogP contribution in [0.5, 0.6) is 0 Å². The second-order valence-corrected chi connectivity index (χ2v) is 3.97. The molecule has 2 rings (SSSR count). The van der Waals surface area contributed by atoms with Crippen LogP contribution < -0.4 is 10.6 Å². The molecule has 15 heavy (non-hydrogen) atoms. The first-order chi connectivity index (χ1) is 7.33. The molecule has 0 atom stereocenters. The highest BCUT2D eigenvalue weighted by Crippen LogP contribution is 2.26. The molecule has 1 aromatic rings. The van der Waals surface area contributed by atoms with Crippen molar-refractivity contribution in [1.29, 1.82) is 0 Å². The second-order valence-electron chi connectivity index (χ2n) is 3.97. The summed E-state index contributed by atoms with van der Waals surface area (Å²) in [7, 11) is 0. The number of hydrogen-bond donors (Lipinski definition) is 1. The molecule has 3 heteroatoms. The smallest absolute Gasteiger partial charge is 0.128 e. The van der Waals surface area contributed by atoms with Crippen molar-refractivity contribution >= 4 is 5.69 Å². The van der Waals surface area contributed by atoms with Gasteiger partial charge in [-0.05, 0) is 37.9 Å². The van der Waals surface area contributed by atoms with Crippen LogP contribution in [0.25, 0.3) is 0 Å². The number of benzene rings is 1. The Hall–Kier alpha value is -1.09. The number of hydrogen-bond acceptors (Lipinski definition) is 2. The van der Waals surface area contributed by atoms with E-state index in [1.165, 1.54) is 18.9 Å². The minimum atomic E-state index is -0.121. The zero-order chi connectivity index (χ0) is 10.7. The predicted molar refractivity (Wildman–Crippen MR) is 60.6 cm³/mol. The molecular weight excluding hydrogens is 191 g/mol. The van der Waals surface area contributed by atoms with Crippen LogP contribution in [-0.4, -0.2) is 19.6 Å². The van der Waals surface area contributed by atoms with Gasteiger partial charge in [-0.1, -0.05) is 6.07 Å². The second kappa shape index (κ2) is 4.62. The van der Waals surface area contributed by atoms with Crippen molar-refractivity contribution in [2.45, 2.75) is 19.3 Å². The van der Waals surface area contributed by atoms with Crippen molar-refractivity contribution < 1.29 is 4.39 Å². The standard InChI is InChI=1S/C12H17FN2/c13-11-4-3-5-12(10(11)6-7-14)15-8-1-2-9-15/h3-5H,1-2,6-9,14H2. The molecule has 2 N–H and O–H groups in total. The highest BCUT2D eigenvalue weighted by Gasteiger charge is 2.17. The van der Waals surface area contributed by atoms with E-state index in [-0.39, 0.29) is 5.82 Å². The lowest BCUT2D eigenvalue weighted by molar-refractivity contribution is 0.608. The fourth-order valence-corrected chi connectivity index (χ4v) is 2.19. The summed E-state index contributed by atoms with van der Waals surface area (Å²) >= 11 is 0. The van der Waals surface area contributed by atoms with Gasteiger partial charge in [-0.3, -0.25) is 0 Å². The Labute approximate surface area is 89.9 Å². The normalized spacial score (nSPS) is 16.0. The van der Waals surface area contributed by atoms with Crippen LogP contribution in [-0.2, 0) is 6.42 Å². The minimum Gasteiger partial charge on any atom is -0.371 e. The maximum Gasteiger partial charge on any atom is 0.128 e. The van der Waals surface area contributed by atoms with E-state index in [1.807, 2.05) is 6.07 Å². The topological polar surface area (TPSA) is 29.3 Å². The summed E-state index contributed by atoms with van der Waals surface area (Å²) in [5, 5.41) is 0. The van der Waals surface area contributed by atoms with Crippen LogP contribution in [0.4, 0.5) is 10.1 Å². The zero-order valence-electron chi connectivity index (χ0n) is 8.88. The molecule has 1 saturated heterocycles. The van der Waals surface area contributed by atoms with Gasteiger partial charge in [0.2, 0.25) is 0 Å². The fraction of sp³-hybridized carbons (Fsp3) is 0.500. The van der Waals surface area contributed by atoms with Gasteiger partial charge in [-0.25, -0.2) is 4.39 Å². The summed E-state index contributed by atoms with van der Waals surface area (Å²) in [5.41, 5.74) is 7.33. The van der Waals surface area contributed by atoms with Crippen molar-refractivity contribution in [3.8, 4) is 0 Å². The van der Waals surface area contributed by atoms with E-state index in [0.717, 1.165) is 24.3 Å². The highest BCUT2D eigenvalue weighted by atomic mass is 19.1. The van der Waals surface area contributed by atoms with Crippen LogP contribution in [0.2, 0.25) is 0 Å². The molecule has 0 aliphatic carbocycles. The van der Waals surface area contributed by atoms with E-state index in [1.54, 1.807) is 6.07 Å². The molecule has 1 heterocycles. The van der Waals surface area contributed by atoms with E-state index in [0.29, 0.717) is 13.0 Å². The molecule has 82 valence electrons. The molecular formula is C12H17FN2. The van der Waals surface area contributed by atoms with Gasteiger partial charge < -0.3 is 10.6 Å². The lowest BCUT2D eigenvalue weighted by Gasteiger charge is -2.21. The Balaban J connectivity index is 2.31. The quantitative estimate of drug-likeness (QED) is 0.822. The molecule has 0 radical (unpaired) electrons. The summed E-state index contributed by atoms with van der Waals surface area (Å²) in [6, 6.07) is 5.30. The number of rotatable bonds is 3. The molecule has 1 aliphatic rings. The third-order valence-electron chi connectivity index (χ3n) is 2.94. The Kier molecular flexibility index (Phi) is 3.21. The average Bonchev–Trinajstić information content (AvgIpc) is 2.74. The first kappa shape index (κ1) is 10.4. The van der Waals surface area contributed by atoms with Gasteiger partial charge in [0.1, 0.15) is 5.82 Å². The molecule has 0 aromatic heterocycles. The summed E-state index contributed by atoms with van der Waals surface area (Å²) in [6.07, 6.45) is 3.04. The largest absolute Gasteiger partial charge is 0.371 e. The summed E-state index contributed by atoms with van der Waals surface area (Å²) < 4.78 is 13.6. The van der Waals surface area contributed by atoms with Crippen molar-refractivity contribution in [2.24, 2.45) is 5.73 Å². The Morgan fingerprint density at radius 2 is 2.00 bits per heavy atom. The van der Waals surface area contributed by atoms with Crippen molar-refractivity contribution in [2.75, 3.05) is 24.5 Å². The van der Waals surface area contributed by atoms with Gasteiger partial charge in [0.25, 0.3) is 0 Å². The first-order valence-corrected chi connectivity index (χ1v) is 5.55.